The lowest BCUT2D eigenvalue weighted by molar-refractivity contribution is 0.147. The average Bonchev–Trinajstić information content (AvgIpc) is 2.73. The van der Waals surface area contributed by atoms with Crippen LogP contribution in [-0.4, -0.2) is 48.6 Å². The van der Waals surface area contributed by atoms with Gasteiger partial charge in [-0.05, 0) is 36.7 Å². The van der Waals surface area contributed by atoms with Crippen molar-refractivity contribution in [1.82, 2.24) is 9.80 Å². The van der Waals surface area contributed by atoms with Gasteiger partial charge in [-0.1, -0.05) is 48.9 Å². The quantitative estimate of drug-likeness (QED) is 0.789. The van der Waals surface area contributed by atoms with Gasteiger partial charge in [-0.3, -0.25) is 4.90 Å². The van der Waals surface area contributed by atoms with Crippen molar-refractivity contribution in [2.24, 2.45) is 0 Å². The lowest BCUT2D eigenvalue weighted by Crippen LogP contribution is -2.52. The number of aryl methyl sites for hydroxylation is 1. The number of carbonyl (C=O) groups excluding carboxylic acids is 1. The molecule has 3 rings (SSSR count). The van der Waals surface area contributed by atoms with E-state index in [0.29, 0.717) is 12.1 Å². The number of piperazine rings is 1. The molecular weight excluding hydrogens is 341 g/mol. The molecule has 1 aliphatic heterocycles. The molecule has 0 aromatic heterocycles. The highest BCUT2D eigenvalue weighted by molar-refractivity contribution is 5.92. The number of carbonyl (C=O) groups is 1. The Bertz CT molecular complexity index is 754. The van der Waals surface area contributed by atoms with Crippen LogP contribution in [0.2, 0.25) is 0 Å². The molecular formula is C22H28FN3O. The van der Waals surface area contributed by atoms with E-state index in [9.17, 15) is 9.18 Å². The maximum Gasteiger partial charge on any atom is 0.324 e. The lowest BCUT2D eigenvalue weighted by atomic mass is 10.1. The standard InChI is InChI=1S/C22H28FN3O/c1-3-24-11-13-25(14-12-24)22(27)26(17-19-9-7-18(2)8-10-19)21-6-4-5-20(15-21)16-23/h4-10,15H,3,11-14,16-17H2,1-2H3. The summed E-state index contributed by atoms with van der Waals surface area (Å²) >= 11 is 0. The van der Waals surface area contributed by atoms with Gasteiger partial charge in [0.25, 0.3) is 0 Å². The van der Waals surface area contributed by atoms with Gasteiger partial charge in [0.05, 0.1) is 6.54 Å². The minimum Gasteiger partial charge on any atom is -0.322 e. The summed E-state index contributed by atoms with van der Waals surface area (Å²) < 4.78 is 13.2. The van der Waals surface area contributed by atoms with Crippen LogP contribution in [0.25, 0.3) is 0 Å². The molecule has 1 saturated heterocycles. The van der Waals surface area contributed by atoms with E-state index in [4.69, 9.17) is 0 Å². The van der Waals surface area contributed by atoms with Gasteiger partial charge >= 0.3 is 6.03 Å². The molecule has 0 spiro atoms. The molecule has 0 atom stereocenters. The van der Waals surface area contributed by atoms with E-state index in [1.165, 1.54) is 5.56 Å². The number of hydrogen-bond donors (Lipinski definition) is 0. The third-order valence-corrected chi connectivity index (χ3v) is 5.16. The predicted octanol–water partition coefficient (Wildman–Crippen LogP) is 4.23. The Hall–Kier alpha value is -2.40. The first-order valence-electron chi connectivity index (χ1n) is 9.60. The third-order valence-electron chi connectivity index (χ3n) is 5.16. The number of amides is 2. The highest BCUT2D eigenvalue weighted by atomic mass is 19.1. The Morgan fingerprint density at radius 3 is 2.37 bits per heavy atom. The molecule has 0 N–H and O–H groups in total. The van der Waals surface area contributed by atoms with Crippen LogP contribution in [0.5, 0.6) is 0 Å². The first-order valence-corrected chi connectivity index (χ1v) is 9.60. The molecule has 144 valence electrons. The normalized spacial score (nSPS) is 15.0. The van der Waals surface area contributed by atoms with Crippen molar-refractivity contribution in [3.05, 3.63) is 65.2 Å². The van der Waals surface area contributed by atoms with E-state index in [1.807, 2.05) is 36.1 Å². The minimum atomic E-state index is -0.532. The van der Waals surface area contributed by atoms with Gasteiger partial charge < -0.3 is 9.80 Å². The first kappa shape index (κ1) is 19.4. The number of alkyl halides is 1. The van der Waals surface area contributed by atoms with Crippen LogP contribution in [0.4, 0.5) is 14.9 Å². The summed E-state index contributed by atoms with van der Waals surface area (Å²) in [5, 5.41) is 0. The fraction of sp³-hybridized carbons (Fsp3) is 0.409. The second kappa shape index (κ2) is 9.00. The van der Waals surface area contributed by atoms with E-state index >= 15 is 0 Å². The second-order valence-electron chi connectivity index (χ2n) is 7.08. The number of rotatable bonds is 5. The van der Waals surface area contributed by atoms with Crippen LogP contribution in [0, 0.1) is 6.92 Å². The van der Waals surface area contributed by atoms with Crippen molar-refractivity contribution in [2.45, 2.75) is 27.1 Å². The summed E-state index contributed by atoms with van der Waals surface area (Å²) in [7, 11) is 0. The molecule has 0 bridgehead atoms. The molecule has 2 aromatic rings. The molecule has 1 heterocycles. The Morgan fingerprint density at radius 2 is 1.74 bits per heavy atom. The summed E-state index contributed by atoms with van der Waals surface area (Å²) in [6.07, 6.45) is 0. The molecule has 5 heteroatoms. The first-order chi connectivity index (χ1) is 13.1. The van der Waals surface area contributed by atoms with Gasteiger partial charge in [-0.2, -0.15) is 0 Å². The van der Waals surface area contributed by atoms with Crippen LogP contribution in [0.3, 0.4) is 0 Å². The van der Waals surface area contributed by atoms with Crippen LogP contribution in [0.1, 0.15) is 23.6 Å². The monoisotopic (exact) mass is 369 g/mol. The van der Waals surface area contributed by atoms with E-state index in [2.05, 4.69) is 24.0 Å². The summed E-state index contributed by atoms with van der Waals surface area (Å²) in [6.45, 7) is 8.37. The summed E-state index contributed by atoms with van der Waals surface area (Å²) in [5.41, 5.74) is 3.58. The molecule has 4 nitrogen and oxygen atoms in total. The van der Waals surface area contributed by atoms with Crippen LogP contribution in [-0.2, 0) is 13.2 Å². The number of likely N-dealkylation sites (N-methyl/N-ethyl adjacent to an activating group) is 1. The lowest BCUT2D eigenvalue weighted by Gasteiger charge is -2.37. The Labute approximate surface area is 161 Å². The zero-order valence-corrected chi connectivity index (χ0v) is 16.2. The van der Waals surface area contributed by atoms with Gasteiger partial charge in [0, 0.05) is 31.9 Å². The maximum atomic E-state index is 13.3. The van der Waals surface area contributed by atoms with Crippen molar-refractivity contribution >= 4 is 11.7 Å². The Balaban J connectivity index is 1.84. The largest absolute Gasteiger partial charge is 0.324 e. The average molecular weight is 369 g/mol. The van der Waals surface area contributed by atoms with Gasteiger partial charge in [-0.25, -0.2) is 9.18 Å². The smallest absolute Gasteiger partial charge is 0.322 e. The maximum absolute atomic E-state index is 13.3. The Morgan fingerprint density at radius 1 is 1.04 bits per heavy atom. The molecule has 1 aliphatic rings. The summed E-state index contributed by atoms with van der Waals surface area (Å²) in [5.74, 6) is 0. The number of benzene rings is 2. The molecule has 0 aliphatic carbocycles. The molecule has 27 heavy (non-hydrogen) atoms. The molecule has 0 unspecified atom stereocenters. The zero-order chi connectivity index (χ0) is 19.2. The van der Waals surface area contributed by atoms with Crippen LogP contribution < -0.4 is 4.90 Å². The molecule has 1 fully saturated rings. The topological polar surface area (TPSA) is 26.8 Å². The highest BCUT2D eigenvalue weighted by Gasteiger charge is 2.26. The molecule has 2 aromatic carbocycles. The minimum absolute atomic E-state index is 0.0117. The van der Waals surface area contributed by atoms with E-state index in [-0.39, 0.29) is 6.03 Å². The summed E-state index contributed by atoms with van der Waals surface area (Å²) in [4.78, 5) is 19.3. The highest BCUT2D eigenvalue weighted by Crippen LogP contribution is 2.22. The van der Waals surface area contributed by atoms with E-state index in [1.54, 1.807) is 17.0 Å². The number of anilines is 1. The molecule has 2 amide bonds. The van der Waals surface area contributed by atoms with Crippen LogP contribution >= 0.6 is 0 Å². The predicted molar refractivity (Wildman–Crippen MR) is 108 cm³/mol. The van der Waals surface area contributed by atoms with Crippen molar-refractivity contribution in [2.75, 3.05) is 37.6 Å². The van der Waals surface area contributed by atoms with Crippen molar-refractivity contribution in [3.8, 4) is 0 Å². The fourth-order valence-corrected chi connectivity index (χ4v) is 3.38. The third kappa shape index (κ3) is 4.86. The van der Waals surface area contributed by atoms with Gasteiger partial charge in [0.15, 0.2) is 0 Å². The Kier molecular flexibility index (Phi) is 6.45. The van der Waals surface area contributed by atoms with Crippen molar-refractivity contribution in [1.29, 1.82) is 0 Å². The number of nitrogens with zero attached hydrogens (tertiary/aromatic N) is 3. The molecule has 0 radical (unpaired) electrons. The SMILES string of the molecule is CCN1CCN(C(=O)N(Cc2ccc(C)cc2)c2cccc(CF)c2)CC1. The number of urea groups is 1. The zero-order valence-electron chi connectivity index (χ0n) is 16.2. The van der Waals surface area contributed by atoms with Crippen molar-refractivity contribution < 1.29 is 9.18 Å². The van der Waals surface area contributed by atoms with Crippen molar-refractivity contribution in [3.63, 3.8) is 0 Å². The van der Waals surface area contributed by atoms with Gasteiger partial charge in [-0.15, -0.1) is 0 Å². The van der Waals surface area contributed by atoms with Gasteiger partial charge in [0.2, 0.25) is 0 Å². The van der Waals surface area contributed by atoms with Crippen LogP contribution in [0.15, 0.2) is 48.5 Å². The van der Waals surface area contributed by atoms with Gasteiger partial charge in [0.1, 0.15) is 6.67 Å². The number of halogens is 1. The van der Waals surface area contributed by atoms with E-state index < -0.39 is 6.67 Å². The summed E-state index contributed by atoms with van der Waals surface area (Å²) in [6, 6.07) is 15.4. The second-order valence-corrected chi connectivity index (χ2v) is 7.08. The molecule has 0 saturated carbocycles. The number of hydrogen-bond acceptors (Lipinski definition) is 2. The fourth-order valence-electron chi connectivity index (χ4n) is 3.38. The van der Waals surface area contributed by atoms with E-state index in [0.717, 1.165) is 44.0 Å².